The van der Waals surface area contributed by atoms with Crippen LogP contribution in [0.5, 0.6) is 5.75 Å². The van der Waals surface area contributed by atoms with Gasteiger partial charge in [-0.3, -0.25) is 9.59 Å². The summed E-state index contributed by atoms with van der Waals surface area (Å²) < 4.78 is 1.77. The van der Waals surface area contributed by atoms with Crippen LogP contribution < -0.4 is 5.43 Å². The summed E-state index contributed by atoms with van der Waals surface area (Å²) in [6, 6.07) is 1.43. The highest BCUT2D eigenvalue weighted by atomic mass is 16.4. The molecule has 0 aliphatic carbocycles. The summed E-state index contributed by atoms with van der Waals surface area (Å²) in [6.45, 7) is 4.12. The molecule has 1 aromatic rings. The number of pyridine rings is 1. The lowest BCUT2D eigenvalue weighted by molar-refractivity contribution is -0.137. The summed E-state index contributed by atoms with van der Waals surface area (Å²) in [4.78, 5) is 24.3. The first-order valence-electron chi connectivity index (χ1n) is 7.26. The summed E-state index contributed by atoms with van der Waals surface area (Å²) in [5, 5.41) is 18.2. The SMILES string of the molecule is CCCCN(C)Cc1cc(=O)c(O)cn1CCCC(=O)O. The second-order valence-electron chi connectivity index (χ2n) is 5.30. The van der Waals surface area contributed by atoms with Gasteiger partial charge in [-0.1, -0.05) is 13.3 Å². The zero-order valence-electron chi connectivity index (χ0n) is 12.7. The molecule has 0 aromatic carbocycles. The first-order chi connectivity index (χ1) is 9.93. The van der Waals surface area contributed by atoms with Crippen molar-refractivity contribution in [2.75, 3.05) is 13.6 Å². The van der Waals surface area contributed by atoms with E-state index in [1.165, 1.54) is 12.3 Å². The Balaban J connectivity index is 2.81. The second kappa shape index (κ2) is 8.46. The third-order valence-corrected chi connectivity index (χ3v) is 3.31. The Kier molecular flexibility index (Phi) is 6.94. The number of rotatable bonds is 9. The van der Waals surface area contributed by atoms with E-state index >= 15 is 0 Å². The van der Waals surface area contributed by atoms with Crippen LogP contribution in [0.4, 0.5) is 0 Å². The van der Waals surface area contributed by atoms with Crippen LogP contribution in [0.3, 0.4) is 0 Å². The maximum absolute atomic E-state index is 11.6. The number of hydrogen-bond donors (Lipinski definition) is 2. The van der Waals surface area contributed by atoms with E-state index in [1.807, 2.05) is 7.05 Å². The molecule has 1 aromatic heterocycles. The van der Waals surface area contributed by atoms with Crippen molar-refractivity contribution in [1.29, 1.82) is 0 Å². The van der Waals surface area contributed by atoms with E-state index in [9.17, 15) is 14.7 Å². The standard InChI is InChI=1S/C15H24N2O4/c1-3-4-7-16(2)10-12-9-13(18)14(19)11-17(12)8-5-6-15(20)21/h9,11,19H,3-8,10H2,1-2H3,(H,20,21). The molecule has 21 heavy (non-hydrogen) atoms. The topological polar surface area (TPSA) is 82.8 Å². The van der Waals surface area contributed by atoms with E-state index in [-0.39, 0.29) is 12.2 Å². The predicted molar refractivity (Wildman–Crippen MR) is 80.5 cm³/mol. The van der Waals surface area contributed by atoms with E-state index in [0.717, 1.165) is 25.1 Å². The quantitative estimate of drug-likeness (QED) is 0.724. The summed E-state index contributed by atoms with van der Waals surface area (Å²) in [5.74, 6) is -1.15. The lowest BCUT2D eigenvalue weighted by Crippen LogP contribution is -2.23. The maximum Gasteiger partial charge on any atom is 0.303 e. The van der Waals surface area contributed by atoms with Crippen molar-refractivity contribution in [3.05, 3.63) is 28.2 Å². The minimum absolute atomic E-state index is 0.0675. The van der Waals surface area contributed by atoms with Gasteiger partial charge in [0.2, 0.25) is 5.43 Å². The summed E-state index contributed by atoms with van der Waals surface area (Å²) in [6.07, 6.45) is 4.11. The molecule has 2 N–H and O–H groups in total. The smallest absolute Gasteiger partial charge is 0.303 e. The molecule has 0 aliphatic rings. The third-order valence-electron chi connectivity index (χ3n) is 3.31. The molecule has 0 unspecified atom stereocenters. The van der Waals surface area contributed by atoms with Crippen LogP contribution in [-0.4, -0.2) is 39.2 Å². The van der Waals surface area contributed by atoms with Crippen molar-refractivity contribution in [1.82, 2.24) is 9.47 Å². The highest BCUT2D eigenvalue weighted by Gasteiger charge is 2.09. The van der Waals surface area contributed by atoms with Gasteiger partial charge in [-0.2, -0.15) is 0 Å². The molecular formula is C15H24N2O4. The number of aryl methyl sites for hydroxylation is 1. The molecule has 0 spiro atoms. The maximum atomic E-state index is 11.6. The van der Waals surface area contributed by atoms with E-state index in [0.29, 0.717) is 19.5 Å². The molecule has 6 heteroatoms. The molecule has 0 radical (unpaired) electrons. The number of aliphatic carboxylic acids is 1. The van der Waals surface area contributed by atoms with Crippen LogP contribution in [-0.2, 0) is 17.9 Å². The molecule has 118 valence electrons. The Labute approximate surface area is 124 Å². The van der Waals surface area contributed by atoms with Gasteiger partial charge in [0.05, 0.1) is 6.20 Å². The fourth-order valence-corrected chi connectivity index (χ4v) is 2.13. The molecular weight excluding hydrogens is 272 g/mol. The van der Waals surface area contributed by atoms with Crippen molar-refractivity contribution < 1.29 is 15.0 Å². The summed E-state index contributed by atoms with van der Waals surface area (Å²) in [5.41, 5.74) is 0.394. The first-order valence-corrected chi connectivity index (χ1v) is 7.26. The van der Waals surface area contributed by atoms with Gasteiger partial charge in [-0.15, -0.1) is 0 Å². The Morgan fingerprint density at radius 2 is 2.10 bits per heavy atom. The number of aromatic nitrogens is 1. The van der Waals surface area contributed by atoms with Crippen LogP contribution in [0, 0.1) is 0 Å². The minimum atomic E-state index is -0.845. The fourth-order valence-electron chi connectivity index (χ4n) is 2.13. The second-order valence-corrected chi connectivity index (χ2v) is 5.30. The van der Waals surface area contributed by atoms with Crippen LogP contribution >= 0.6 is 0 Å². The third kappa shape index (κ3) is 5.99. The minimum Gasteiger partial charge on any atom is -0.503 e. The van der Waals surface area contributed by atoms with Gasteiger partial charge in [0, 0.05) is 31.3 Å². The van der Waals surface area contributed by atoms with Crippen LogP contribution in [0.2, 0.25) is 0 Å². The van der Waals surface area contributed by atoms with Gasteiger partial charge in [0.15, 0.2) is 5.75 Å². The summed E-state index contributed by atoms with van der Waals surface area (Å²) >= 11 is 0. The molecule has 0 bridgehead atoms. The predicted octanol–water partition coefficient (Wildman–Crippen LogP) is 1.65. The molecule has 0 amide bonds. The Morgan fingerprint density at radius 3 is 2.71 bits per heavy atom. The van der Waals surface area contributed by atoms with Crippen molar-refractivity contribution in [3.8, 4) is 5.75 Å². The average molecular weight is 296 g/mol. The monoisotopic (exact) mass is 296 g/mol. The molecule has 0 aliphatic heterocycles. The van der Waals surface area contributed by atoms with Crippen molar-refractivity contribution >= 4 is 5.97 Å². The van der Waals surface area contributed by atoms with Gasteiger partial charge >= 0.3 is 5.97 Å². The Hall–Kier alpha value is -1.82. The molecule has 0 atom stereocenters. The highest BCUT2D eigenvalue weighted by Crippen LogP contribution is 2.10. The van der Waals surface area contributed by atoms with Gasteiger partial charge in [0.25, 0.3) is 0 Å². The highest BCUT2D eigenvalue weighted by molar-refractivity contribution is 5.66. The number of carboxylic acids is 1. The zero-order chi connectivity index (χ0) is 15.8. The fraction of sp³-hybridized carbons (Fsp3) is 0.600. The Bertz CT molecular complexity index is 525. The lowest BCUT2D eigenvalue weighted by atomic mass is 10.2. The normalized spacial score (nSPS) is 11.0. The van der Waals surface area contributed by atoms with Crippen molar-refractivity contribution in [2.24, 2.45) is 0 Å². The molecule has 0 fully saturated rings. The Morgan fingerprint density at radius 1 is 1.38 bits per heavy atom. The van der Waals surface area contributed by atoms with Crippen LogP contribution in [0.15, 0.2) is 17.1 Å². The van der Waals surface area contributed by atoms with Gasteiger partial charge in [-0.25, -0.2) is 0 Å². The van der Waals surface area contributed by atoms with E-state index in [2.05, 4.69) is 11.8 Å². The average Bonchev–Trinajstić information content (AvgIpc) is 2.41. The van der Waals surface area contributed by atoms with Crippen molar-refractivity contribution in [2.45, 2.75) is 45.7 Å². The van der Waals surface area contributed by atoms with E-state index in [4.69, 9.17) is 5.11 Å². The largest absolute Gasteiger partial charge is 0.503 e. The van der Waals surface area contributed by atoms with E-state index in [1.54, 1.807) is 4.57 Å². The molecule has 0 saturated carbocycles. The number of aromatic hydroxyl groups is 1. The van der Waals surface area contributed by atoms with Crippen LogP contribution in [0.25, 0.3) is 0 Å². The van der Waals surface area contributed by atoms with Gasteiger partial charge < -0.3 is 19.7 Å². The molecule has 0 saturated heterocycles. The van der Waals surface area contributed by atoms with Gasteiger partial charge in [-0.05, 0) is 26.4 Å². The number of hydrogen-bond acceptors (Lipinski definition) is 4. The number of carbonyl (C=O) groups is 1. The molecule has 1 rings (SSSR count). The zero-order valence-corrected chi connectivity index (χ0v) is 12.7. The number of unbranched alkanes of at least 4 members (excludes halogenated alkanes) is 1. The number of nitrogens with zero attached hydrogens (tertiary/aromatic N) is 2. The van der Waals surface area contributed by atoms with Gasteiger partial charge in [0.1, 0.15) is 0 Å². The lowest BCUT2D eigenvalue weighted by Gasteiger charge is -2.20. The first kappa shape index (κ1) is 17.2. The summed E-state index contributed by atoms with van der Waals surface area (Å²) in [7, 11) is 1.98. The van der Waals surface area contributed by atoms with E-state index < -0.39 is 11.4 Å². The van der Waals surface area contributed by atoms with Crippen molar-refractivity contribution in [3.63, 3.8) is 0 Å². The number of carboxylic acid groups (broad SMARTS) is 1. The molecule has 1 heterocycles. The molecule has 6 nitrogen and oxygen atoms in total. The van der Waals surface area contributed by atoms with Crippen LogP contribution in [0.1, 0.15) is 38.3 Å².